The van der Waals surface area contributed by atoms with E-state index < -0.39 is 5.97 Å². The van der Waals surface area contributed by atoms with E-state index in [1.165, 1.54) is 0 Å². The van der Waals surface area contributed by atoms with Crippen LogP contribution in [0.15, 0.2) is 97.3 Å². The van der Waals surface area contributed by atoms with Crippen molar-refractivity contribution in [2.75, 3.05) is 13.1 Å². The lowest BCUT2D eigenvalue weighted by Gasteiger charge is -2.24. The highest BCUT2D eigenvalue weighted by Gasteiger charge is 2.22. The van der Waals surface area contributed by atoms with E-state index in [1.807, 2.05) is 67.6 Å². The third-order valence-electron chi connectivity index (χ3n) is 6.62. The van der Waals surface area contributed by atoms with Gasteiger partial charge in [0.25, 0.3) is 11.8 Å². The molecule has 0 aliphatic rings. The molecule has 2 amide bonds. The van der Waals surface area contributed by atoms with Crippen LogP contribution < -0.4 is 5.32 Å². The lowest BCUT2D eigenvalue weighted by atomic mass is 9.94. The summed E-state index contributed by atoms with van der Waals surface area (Å²) in [6, 6.07) is 26.0. The summed E-state index contributed by atoms with van der Waals surface area (Å²) in [6.07, 6.45) is 3.78. The van der Waals surface area contributed by atoms with Gasteiger partial charge in [-0.25, -0.2) is 0 Å². The summed E-state index contributed by atoms with van der Waals surface area (Å²) in [7, 11) is 0. The van der Waals surface area contributed by atoms with Gasteiger partial charge in [0.2, 0.25) is 0 Å². The second-order valence-corrected chi connectivity index (χ2v) is 9.24. The Morgan fingerprint density at radius 1 is 0.795 bits per heavy atom. The van der Waals surface area contributed by atoms with Crippen LogP contribution in [-0.2, 0) is 17.8 Å². The van der Waals surface area contributed by atoms with Crippen molar-refractivity contribution in [2.24, 2.45) is 0 Å². The first-order chi connectivity index (χ1) is 18.9. The molecule has 0 fully saturated rings. The molecule has 0 spiro atoms. The number of carbonyl (C=O) groups excluding carboxylic acids is 2. The predicted molar refractivity (Wildman–Crippen MR) is 150 cm³/mol. The Kier molecular flexibility index (Phi) is 9.19. The summed E-state index contributed by atoms with van der Waals surface area (Å²) in [4.78, 5) is 44.0. The molecule has 0 bridgehead atoms. The molecule has 0 atom stereocenters. The molecule has 0 saturated heterocycles. The molecule has 7 nitrogen and oxygen atoms in total. The zero-order chi connectivity index (χ0) is 27.6. The molecule has 0 radical (unpaired) electrons. The van der Waals surface area contributed by atoms with Crippen LogP contribution in [0.2, 0.25) is 0 Å². The Bertz CT molecular complexity index is 1450. The van der Waals surface area contributed by atoms with Gasteiger partial charge in [0.05, 0.1) is 6.42 Å². The fourth-order valence-corrected chi connectivity index (χ4v) is 4.43. The fourth-order valence-electron chi connectivity index (χ4n) is 4.43. The molecule has 1 heterocycles. The van der Waals surface area contributed by atoms with Gasteiger partial charge in [-0.2, -0.15) is 0 Å². The van der Waals surface area contributed by atoms with Gasteiger partial charge in [-0.15, -0.1) is 0 Å². The number of pyridine rings is 1. The number of benzene rings is 3. The zero-order valence-electron chi connectivity index (χ0n) is 21.8. The molecule has 1 aromatic heterocycles. The number of rotatable bonds is 11. The summed E-state index contributed by atoms with van der Waals surface area (Å²) in [5, 5.41) is 12.3. The second-order valence-electron chi connectivity index (χ2n) is 9.24. The van der Waals surface area contributed by atoms with Gasteiger partial charge in [0.1, 0.15) is 0 Å². The van der Waals surface area contributed by atoms with E-state index in [0.29, 0.717) is 41.8 Å². The van der Waals surface area contributed by atoms with Crippen molar-refractivity contribution >= 4 is 17.8 Å². The Balaban J connectivity index is 1.61. The Hall–Kier alpha value is -4.78. The minimum Gasteiger partial charge on any atom is -0.481 e. The summed E-state index contributed by atoms with van der Waals surface area (Å²) in [5.74, 6) is -1.49. The van der Waals surface area contributed by atoms with Crippen LogP contribution in [0.1, 0.15) is 43.8 Å². The molecule has 3 aromatic carbocycles. The molecule has 0 saturated carbocycles. The molecule has 4 aromatic rings. The van der Waals surface area contributed by atoms with Gasteiger partial charge in [-0.1, -0.05) is 60.7 Å². The smallest absolute Gasteiger partial charge is 0.305 e. The summed E-state index contributed by atoms with van der Waals surface area (Å²) >= 11 is 0. The monoisotopic (exact) mass is 521 g/mol. The molecule has 39 heavy (non-hydrogen) atoms. The molecule has 4 rings (SSSR count). The molecular formula is C32H31N3O4. The highest BCUT2D eigenvalue weighted by Crippen LogP contribution is 2.28. The minimum atomic E-state index is -0.972. The number of hydrogen-bond donors (Lipinski definition) is 2. The number of aryl methyl sites for hydroxylation is 1. The molecule has 7 heteroatoms. The fraction of sp³-hybridized carbons (Fsp3) is 0.188. The van der Waals surface area contributed by atoms with E-state index in [4.69, 9.17) is 0 Å². The van der Waals surface area contributed by atoms with Crippen molar-refractivity contribution in [3.05, 3.63) is 125 Å². The summed E-state index contributed by atoms with van der Waals surface area (Å²) in [6.45, 7) is 2.82. The number of nitrogens with zero attached hydrogens (tertiary/aromatic N) is 2. The van der Waals surface area contributed by atoms with Crippen molar-refractivity contribution in [2.45, 2.75) is 26.3 Å². The van der Waals surface area contributed by atoms with Gasteiger partial charge in [0, 0.05) is 43.2 Å². The van der Waals surface area contributed by atoms with Crippen molar-refractivity contribution in [3.8, 4) is 11.1 Å². The predicted octanol–water partition coefficient (Wildman–Crippen LogP) is 5.15. The lowest BCUT2D eigenvalue weighted by molar-refractivity contribution is -0.137. The maximum absolute atomic E-state index is 13.8. The lowest BCUT2D eigenvalue weighted by Crippen LogP contribution is -2.35. The molecule has 0 aliphatic heterocycles. The van der Waals surface area contributed by atoms with Crippen LogP contribution in [-0.4, -0.2) is 45.9 Å². The first-order valence-electron chi connectivity index (χ1n) is 12.8. The largest absolute Gasteiger partial charge is 0.481 e. The average Bonchev–Trinajstić information content (AvgIpc) is 2.96. The van der Waals surface area contributed by atoms with Gasteiger partial charge in [-0.05, 0) is 65.4 Å². The number of hydrogen-bond acceptors (Lipinski definition) is 4. The van der Waals surface area contributed by atoms with Gasteiger partial charge in [-0.3, -0.25) is 19.4 Å². The first kappa shape index (κ1) is 27.3. The number of carboxylic acids is 1. The van der Waals surface area contributed by atoms with E-state index in [-0.39, 0.29) is 24.8 Å². The normalized spacial score (nSPS) is 10.6. The van der Waals surface area contributed by atoms with E-state index >= 15 is 0 Å². The van der Waals surface area contributed by atoms with Crippen LogP contribution in [0.4, 0.5) is 0 Å². The van der Waals surface area contributed by atoms with Crippen LogP contribution in [0.5, 0.6) is 0 Å². The zero-order valence-corrected chi connectivity index (χ0v) is 21.8. The van der Waals surface area contributed by atoms with Crippen molar-refractivity contribution in [1.29, 1.82) is 0 Å². The number of nitrogens with one attached hydrogen (secondary N) is 1. The maximum atomic E-state index is 13.8. The van der Waals surface area contributed by atoms with Crippen molar-refractivity contribution in [3.63, 3.8) is 0 Å². The van der Waals surface area contributed by atoms with Crippen LogP contribution >= 0.6 is 0 Å². The van der Waals surface area contributed by atoms with Crippen molar-refractivity contribution in [1.82, 2.24) is 15.2 Å². The third-order valence-corrected chi connectivity index (χ3v) is 6.62. The third kappa shape index (κ3) is 7.17. The van der Waals surface area contributed by atoms with Gasteiger partial charge < -0.3 is 15.3 Å². The van der Waals surface area contributed by atoms with E-state index in [1.54, 1.807) is 41.6 Å². The average molecular weight is 522 g/mol. The number of aromatic nitrogens is 1. The van der Waals surface area contributed by atoms with E-state index in [9.17, 15) is 19.5 Å². The first-order valence-corrected chi connectivity index (χ1v) is 12.8. The Morgan fingerprint density at radius 2 is 1.41 bits per heavy atom. The highest BCUT2D eigenvalue weighted by atomic mass is 16.4. The minimum absolute atomic E-state index is 0.0755. The molecule has 0 aliphatic carbocycles. The van der Waals surface area contributed by atoms with Crippen molar-refractivity contribution < 1.29 is 19.5 Å². The SMILES string of the molecule is Cc1ccccc1CNC(=O)c1ccccc1-c1ccccc1C(=O)N(CCC(=O)O)CCc1ccncc1. The number of aliphatic carboxylic acids is 1. The van der Waals surface area contributed by atoms with Gasteiger partial charge >= 0.3 is 5.97 Å². The van der Waals surface area contributed by atoms with Gasteiger partial charge in [0.15, 0.2) is 0 Å². The van der Waals surface area contributed by atoms with E-state index in [0.717, 1.165) is 16.7 Å². The molecule has 198 valence electrons. The topological polar surface area (TPSA) is 99.6 Å². The Morgan fingerprint density at radius 3 is 2.10 bits per heavy atom. The molecular weight excluding hydrogens is 490 g/mol. The molecule has 0 unspecified atom stereocenters. The van der Waals surface area contributed by atoms with E-state index in [2.05, 4.69) is 10.3 Å². The summed E-state index contributed by atoms with van der Waals surface area (Å²) < 4.78 is 0. The van der Waals surface area contributed by atoms with Crippen LogP contribution in [0.25, 0.3) is 11.1 Å². The Labute approximate surface area is 228 Å². The number of carboxylic acid groups (broad SMARTS) is 1. The standard InChI is InChI=1S/C32H31N3O4/c1-23-8-2-3-9-25(23)22-34-31(38)28-12-6-4-10-26(28)27-11-5-7-13-29(27)32(39)35(21-17-30(36)37)20-16-24-14-18-33-19-15-24/h2-15,18-19H,16-17,20-22H2,1H3,(H,34,38)(H,36,37). The number of amides is 2. The second kappa shape index (κ2) is 13.1. The van der Waals surface area contributed by atoms with Crippen LogP contribution in [0.3, 0.4) is 0 Å². The highest BCUT2D eigenvalue weighted by molar-refractivity contribution is 6.06. The number of carbonyl (C=O) groups is 3. The maximum Gasteiger partial charge on any atom is 0.305 e. The summed E-state index contributed by atoms with van der Waals surface area (Å²) in [5.41, 5.74) is 5.25. The molecule has 2 N–H and O–H groups in total. The quantitative estimate of drug-likeness (QED) is 0.285. The van der Waals surface area contributed by atoms with Crippen LogP contribution in [0, 0.1) is 6.92 Å².